The van der Waals surface area contributed by atoms with Crippen LogP contribution in [0.25, 0.3) is 0 Å². The van der Waals surface area contributed by atoms with Crippen LogP contribution < -0.4 is 14.8 Å². The molecule has 4 nitrogen and oxygen atoms in total. The third kappa shape index (κ3) is 2.74. The number of hydrogen-bond donors (Lipinski definition) is 1. The zero-order valence-corrected chi connectivity index (χ0v) is 13.0. The molecule has 1 aromatic carbocycles. The van der Waals surface area contributed by atoms with E-state index < -0.39 is 0 Å². The lowest BCUT2D eigenvalue weighted by molar-refractivity contribution is -0.0995. The molecular formula is C17H25NO3. The van der Waals surface area contributed by atoms with E-state index in [1.807, 2.05) is 13.2 Å². The highest BCUT2D eigenvalue weighted by Crippen LogP contribution is 2.46. The monoisotopic (exact) mass is 291 g/mol. The lowest BCUT2D eigenvalue weighted by atomic mass is 9.72. The minimum Gasteiger partial charge on any atom is -0.490 e. The minimum absolute atomic E-state index is 0.0736. The Hall–Kier alpha value is -1.26. The Bertz CT molecular complexity index is 479. The predicted octanol–water partition coefficient (Wildman–Crippen LogP) is 3.07. The van der Waals surface area contributed by atoms with E-state index in [2.05, 4.69) is 24.4 Å². The average molecular weight is 291 g/mol. The van der Waals surface area contributed by atoms with Crippen molar-refractivity contribution in [1.29, 1.82) is 0 Å². The molecule has 4 heteroatoms. The van der Waals surface area contributed by atoms with Crippen molar-refractivity contribution in [2.45, 2.75) is 44.2 Å². The SMILES string of the molecule is CCNC(c1ccc2c(c1)OCCCO2)C1(OC)CCC1. The normalized spacial score (nSPS) is 21.2. The molecular weight excluding hydrogens is 266 g/mol. The molecule has 1 N–H and O–H groups in total. The molecule has 0 aromatic heterocycles. The van der Waals surface area contributed by atoms with Crippen LogP contribution >= 0.6 is 0 Å². The molecule has 0 amide bonds. The summed E-state index contributed by atoms with van der Waals surface area (Å²) in [6.45, 7) is 4.51. The van der Waals surface area contributed by atoms with Gasteiger partial charge in [0.1, 0.15) is 0 Å². The van der Waals surface area contributed by atoms with E-state index in [0.29, 0.717) is 0 Å². The maximum absolute atomic E-state index is 5.88. The maximum Gasteiger partial charge on any atom is 0.161 e. The van der Waals surface area contributed by atoms with Gasteiger partial charge in [-0.05, 0) is 43.5 Å². The van der Waals surface area contributed by atoms with Crippen molar-refractivity contribution in [3.05, 3.63) is 23.8 Å². The van der Waals surface area contributed by atoms with E-state index >= 15 is 0 Å². The molecule has 1 fully saturated rings. The molecule has 1 heterocycles. The maximum atomic E-state index is 5.88. The number of likely N-dealkylation sites (N-methyl/N-ethyl adjacent to an activating group) is 1. The molecule has 1 saturated carbocycles. The molecule has 0 spiro atoms. The fourth-order valence-electron chi connectivity index (χ4n) is 3.31. The second kappa shape index (κ2) is 6.24. The molecule has 116 valence electrons. The second-order valence-electron chi connectivity index (χ2n) is 5.87. The van der Waals surface area contributed by atoms with Gasteiger partial charge in [0.2, 0.25) is 0 Å². The summed E-state index contributed by atoms with van der Waals surface area (Å²) in [7, 11) is 1.83. The van der Waals surface area contributed by atoms with Gasteiger partial charge in [0, 0.05) is 13.5 Å². The first-order valence-corrected chi connectivity index (χ1v) is 7.97. The first-order chi connectivity index (χ1) is 10.3. The third-order valence-corrected chi connectivity index (χ3v) is 4.65. The Kier molecular flexibility index (Phi) is 4.36. The lowest BCUT2D eigenvalue weighted by Crippen LogP contribution is -2.50. The summed E-state index contributed by atoms with van der Waals surface area (Å²) in [5, 5.41) is 3.59. The summed E-state index contributed by atoms with van der Waals surface area (Å²) >= 11 is 0. The van der Waals surface area contributed by atoms with Crippen molar-refractivity contribution in [1.82, 2.24) is 5.32 Å². The van der Waals surface area contributed by atoms with Crippen molar-refractivity contribution in [2.24, 2.45) is 0 Å². The Morgan fingerprint density at radius 2 is 1.95 bits per heavy atom. The van der Waals surface area contributed by atoms with Gasteiger partial charge in [-0.15, -0.1) is 0 Å². The molecule has 3 rings (SSSR count). The van der Waals surface area contributed by atoms with Gasteiger partial charge >= 0.3 is 0 Å². The van der Waals surface area contributed by atoms with E-state index in [0.717, 1.165) is 50.5 Å². The van der Waals surface area contributed by atoms with Gasteiger partial charge in [0.25, 0.3) is 0 Å². The number of rotatable bonds is 5. The van der Waals surface area contributed by atoms with E-state index in [-0.39, 0.29) is 11.6 Å². The largest absolute Gasteiger partial charge is 0.490 e. The summed E-state index contributed by atoms with van der Waals surface area (Å²) in [6.07, 6.45) is 4.38. The van der Waals surface area contributed by atoms with E-state index in [4.69, 9.17) is 14.2 Å². The average Bonchev–Trinajstić information content (AvgIpc) is 2.70. The molecule has 1 aliphatic heterocycles. The summed E-state index contributed by atoms with van der Waals surface area (Å²) in [5.74, 6) is 1.71. The minimum atomic E-state index is -0.0736. The fraction of sp³-hybridized carbons (Fsp3) is 0.647. The molecule has 1 aliphatic carbocycles. The van der Waals surface area contributed by atoms with Gasteiger partial charge in [-0.25, -0.2) is 0 Å². The third-order valence-electron chi connectivity index (χ3n) is 4.65. The fourth-order valence-corrected chi connectivity index (χ4v) is 3.31. The Morgan fingerprint density at radius 3 is 2.57 bits per heavy atom. The van der Waals surface area contributed by atoms with Crippen LogP contribution in [0.3, 0.4) is 0 Å². The predicted molar refractivity (Wildman–Crippen MR) is 82.1 cm³/mol. The standard InChI is InChI=1S/C17H25NO3/c1-3-18-16(17(19-2)8-4-9-17)13-6-7-14-15(12-13)21-11-5-10-20-14/h6-7,12,16,18H,3-5,8-11H2,1-2H3. The van der Waals surface area contributed by atoms with Gasteiger partial charge in [-0.2, -0.15) is 0 Å². The van der Waals surface area contributed by atoms with E-state index in [9.17, 15) is 0 Å². The van der Waals surface area contributed by atoms with Crippen molar-refractivity contribution in [2.75, 3.05) is 26.9 Å². The quantitative estimate of drug-likeness (QED) is 0.905. The highest BCUT2D eigenvalue weighted by atomic mass is 16.5. The van der Waals surface area contributed by atoms with Crippen LogP contribution in [0.4, 0.5) is 0 Å². The number of methoxy groups -OCH3 is 1. The smallest absolute Gasteiger partial charge is 0.161 e. The summed E-state index contributed by atoms with van der Waals surface area (Å²) in [5.41, 5.74) is 1.15. The van der Waals surface area contributed by atoms with Crippen molar-refractivity contribution in [3.8, 4) is 11.5 Å². The Morgan fingerprint density at radius 1 is 1.19 bits per heavy atom. The van der Waals surface area contributed by atoms with Gasteiger partial charge in [0.15, 0.2) is 11.5 Å². The first kappa shape index (κ1) is 14.7. The number of nitrogens with one attached hydrogen (secondary N) is 1. The number of ether oxygens (including phenoxy) is 3. The van der Waals surface area contributed by atoms with Crippen molar-refractivity contribution in [3.63, 3.8) is 0 Å². The second-order valence-corrected chi connectivity index (χ2v) is 5.87. The zero-order chi connectivity index (χ0) is 14.7. The summed E-state index contributed by atoms with van der Waals surface area (Å²) in [4.78, 5) is 0. The van der Waals surface area contributed by atoms with Crippen LogP contribution in [0.2, 0.25) is 0 Å². The highest BCUT2D eigenvalue weighted by molar-refractivity contribution is 5.45. The molecule has 2 aliphatic rings. The van der Waals surface area contributed by atoms with Crippen LogP contribution in [-0.2, 0) is 4.74 Å². The first-order valence-electron chi connectivity index (χ1n) is 7.97. The van der Waals surface area contributed by atoms with E-state index in [1.165, 1.54) is 12.0 Å². The van der Waals surface area contributed by atoms with E-state index in [1.54, 1.807) is 0 Å². The number of benzene rings is 1. The zero-order valence-electron chi connectivity index (χ0n) is 13.0. The van der Waals surface area contributed by atoms with Gasteiger partial charge in [-0.3, -0.25) is 0 Å². The molecule has 0 saturated heterocycles. The van der Waals surface area contributed by atoms with Gasteiger partial charge in [0.05, 0.1) is 24.9 Å². The summed E-state index contributed by atoms with van der Waals surface area (Å²) in [6, 6.07) is 6.49. The molecule has 1 aromatic rings. The Balaban J connectivity index is 1.90. The van der Waals surface area contributed by atoms with Crippen LogP contribution in [-0.4, -0.2) is 32.5 Å². The van der Waals surface area contributed by atoms with Crippen LogP contribution in [0.5, 0.6) is 11.5 Å². The van der Waals surface area contributed by atoms with Crippen molar-refractivity contribution < 1.29 is 14.2 Å². The molecule has 1 atom stereocenters. The number of fused-ring (bicyclic) bond motifs is 1. The molecule has 21 heavy (non-hydrogen) atoms. The topological polar surface area (TPSA) is 39.7 Å². The van der Waals surface area contributed by atoms with Gasteiger partial charge < -0.3 is 19.5 Å². The number of hydrogen-bond acceptors (Lipinski definition) is 4. The van der Waals surface area contributed by atoms with Gasteiger partial charge in [-0.1, -0.05) is 13.0 Å². The molecule has 0 bridgehead atoms. The van der Waals surface area contributed by atoms with Crippen LogP contribution in [0.15, 0.2) is 18.2 Å². The Labute approximate surface area is 126 Å². The highest BCUT2D eigenvalue weighted by Gasteiger charge is 2.45. The van der Waals surface area contributed by atoms with Crippen LogP contribution in [0, 0.1) is 0 Å². The summed E-state index contributed by atoms with van der Waals surface area (Å²) < 4.78 is 17.4. The lowest BCUT2D eigenvalue weighted by Gasteiger charge is -2.47. The van der Waals surface area contributed by atoms with Crippen molar-refractivity contribution >= 4 is 0 Å². The van der Waals surface area contributed by atoms with Crippen LogP contribution in [0.1, 0.15) is 44.2 Å². The molecule has 1 unspecified atom stereocenters. The molecule has 0 radical (unpaired) electrons.